The van der Waals surface area contributed by atoms with Crippen LogP contribution in [0, 0.1) is 17.8 Å². The molecule has 0 amide bonds. The predicted octanol–water partition coefficient (Wildman–Crippen LogP) is 10.2. The van der Waals surface area contributed by atoms with Crippen molar-refractivity contribution in [1.29, 1.82) is 0 Å². The minimum atomic E-state index is 0.445. The molecule has 2 aromatic rings. The maximum absolute atomic E-state index is 5.05. The highest BCUT2D eigenvalue weighted by Crippen LogP contribution is 2.53. The van der Waals surface area contributed by atoms with Crippen LogP contribution in [-0.2, 0) is 12.8 Å². The molecular formula is C41H42N2. The van der Waals surface area contributed by atoms with Crippen LogP contribution in [0.1, 0.15) is 81.1 Å². The first-order valence-corrected chi connectivity index (χ1v) is 16.7. The Morgan fingerprint density at radius 1 is 0.884 bits per heavy atom. The molecule has 2 heteroatoms. The number of rotatable bonds is 5. The van der Waals surface area contributed by atoms with Crippen molar-refractivity contribution in [3.63, 3.8) is 0 Å². The predicted molar refractivity (Wildman–Crippen MR) is 180 cm³/mol. The topological polar surface area (TPSA) is 17.8 Å². The summed E-state index contributed by atoms with van der Waals surface area (Å²) in [6.07, 6.45) is 38.1. The second-order valence-corrected chi connectivity index (χ2v) is 12.9. The van der Waals surface area contributed by atoms with Crippen LogP contribution in [0.15, 0.2) is 119 Å². The van der Waals surface area contributed by atoms with Gasteiger partial charge in [0.05, 0.1) is 11.4 Å². The lowest BCUT2D eigenvalue weighted by Gasteiger charge is -2.43. The number of aromatic nitrogens is 2. The summed E-state index contributed by atoms with van der Waals surface area (Å²) in [4.78, 5) is 5.05. The van der Waals surface area contributed by atoms with Crippen LogP contribution in [0.4, 0.5) is 0 Å². The van der Waals surface area contributed by atoms with Crippen LogP contribution >= 0.6 is 0 Å². The SMILES string of the molecule is CCc1nc2c(n1C1=CC=C(C3C4=C(CCCC4)C(C4C=CC(c5ccccc5)=CC4)=C4C=CC=CC43)CC1)C=CCC2. The normalized spacial score (nSPS) is 26.1. The summed E-state index contributed by atoms with van der Waals surface area (Å²) in [6, 6.07) is 10.9. The Labute approximate surface area is 257 Å². The number of nitrogens with zero attached hydrogens (tertiary/aromatic N) is 2. The summed E-state index contributed by atoms with van der Waals surface area (Å²) < 4.78 is 2.48. The molecular weight excluding hydrogens is 520 g/mol. The van der Waals surface area contributed by atoms with Crippen molar-refractivity contribution in [3.8, 4) is 0 Å². The van der Waals surface area contributed by atoms with E-state index < -0.39 is 0 Å². The molecule has 6 aliphatic rings. The van der Waals surface area contributed by atoms with Gasteiger partial charge in [-0.3, -0.25) is 0 Å². The molecule has 3 atom stereocenters. The highest BCUT2D eigenvalue weighted by molar-refractivity contribution is 5.75. The van der Waals surface area contributed by atoms with Crippen molar-refractivity contribution in [2.24, 2.45) is 17.8 Å². The Hall–Kier alpha value is -3.91. The molecule has 216 valence electrons. The van der Waals surface area contributed by atoms with Gasteiger partial charge in [-0.2, -0.15) is 0 Å². The smallest absolute Gasteiger partial charge is 0.113 e. The number of fused-ring (bicyclic) bond motifs is 2. The van der Waals surface area contributed by atoms with Gasteiger partial charge in [0.15, 0.2) is 0 Å². The summed E-state index contributed by atoms with van der Waals surface area (Å²) in [5, 5.41) is 0. The number of hydrogen-bond acceptors (Lipinski definition) is 1. The van der Waals surface area contributed by atoms with Gasteiger partial charge in [-0.15, -0.1) is 0 Å². The van der Waals surface area contributed by atoms with Gasteiger partial charge in [-0.1, -0.05) is 103 Å². The van der Waals surface area contributed by atoms with Crippen LogP contribution in [-0.4, -0.2) is 9.55 Å². The molecule has 0 N–H and O–H groups in total. The Kier molecular flexibility index (Phi) is 7.02. The average molecular weight is 563 g/mol. The van der Waals surface area contributed by atoms with E-state index in [1.165, 1.54) is 59.7 Å². The first-order valence-electron chi connectivity index (χ1n) is 16.7. The maximum Gasteiger partial charge on any atom is 0.113 e. The van der Waals surface area contributed by atoms with E-state index in [1.807, 2.05) is 0 Å². The quantitative estimate of drug-likeness (QED) is 0.354. The lowest BCUT2D eigenvalue weighted by atomic mass is 9.61. The van der Waals surface area contributed by atoms with Crippen LogP contribution in [0.2, 0.25) is 0 Å². The summed E-state index contributed by atoms with van der Waals surface area (Å²) in [6.45, 7) is 2.24. The minimum Gasteiger partial charge on any atom is -0.300 e. The number of aryl methyl sites for hydroxylation is 2. The fourth-order valence-corrected chi connectivity index (χ4v) is 8.61. The van der Waals surface area contributed by atoms with Crippen LogP contribution < -0.4 is 0 Å². The van der Waals surface area contributed by atoms with Crippen molar-refractivity contribution in [3.05, 3.63) is 142 Å². The number of benzene rings is 1. The first-order chi connectivity index (χ1) is 21.3. The van der Waals surface area contributed by atoms with E-state index in [2.05, 4.69) is 109 Å². The standard InChI is InChI=1S/C41H42N2/c1-2-39-42-37-18-10-11-19-38(37)43(39)32-26-24-31(25-27-32)41-35-16-8-6-14-33(35)40(34-15-7-9-17-36(34)41)30-22-20-29(21-23-30)28-12-4-3-5-13-28/h3-6,8,11-14,16,19-22,24,26,30,35,41H,2,7,9-10,15,17-18,23,25,27H2,1H3. The third-order valence-electron chi connectivity index (χ3n) is 10.6. The molecule has 8 rings (SSSR count). The van der Waals surface area contributed by atoms with E-state index in [9.17, 15) is 0 Å². The maximum atomic E-state index is 5.05. The van der Waals surface area contributed by atoms with Gasteiger partial charge in [-0.05, 0) is 97.8 Å². The van der Waals surface area contributed by atoms with Gasteiger partial charge >= 0.3 is 0 Å². The molecule has 6 aliphatic carbocycles. The molecule has 0 aliphatic heterocycles. The fourth-order valence-electron chi connectivity index (χ4n) is 8.61. The van der Waals surface area contributed by atoms with E-state index in [1.54, 1.807) is 27.9 Å². The zero-order chi connectivity index (χ0) is 28.8. The number of allylic oxidation sites excluding steroid dienone is 17. The van der Waals surface area contributed by atoms with Gasteiger partial charge in [-0.25, -0.2) is 4.98 Å². The largest absolute Gasteiger partial charge is 0.300 e. The molecule has 0 spiro atoms. The second kappa shape index (κ2) is 11.3. The zero-order valence-electron chi connectivity index (χ0n) is 25.4. The molecule has 0 saturated carbocycles. The summed E-state index contributed by atoms with van der Waals surface area (Å²) >= 11 is 0. The van der Waals surface area contributed by atoms with Gasteiger partial charge in [0.1, 0.15) is 5.82 Å². The van der Waals surface area contributed by atoms with Crippen molar-refractivity contribution >= 4 is 17.3 Å². The molecule has 1 heterocycles. The zero-order valence-corrected chi connectivity index (χ0v) is 25.4. The lowest BCUT2D eigenvalue weighted by Crippen LogP contribution is -2.30. The fraction of sp³-hybridized carbons (Fsp3) is 0.341. The van der Waals surface area contributed by atoms with Crippen LogP contribution in [0.3, 0.4) is 0 Å². The number of imidazole rings is 1. The van der Waals surface area contributed by atoms with Gasteiger partial charge < -0.3 is 4.57 Å². The molecule has 0 radical (unpaired) electrons. The van der Waals surface area contributed by atoms with Crippen LogP contribution in [0.25, 0.3) is 17.3 Å². The summed E-state index contributed by atoms with van der Waals surface area (Å²) in [5.74, 6) is 2.62. The summed E-state index contributed by atoms with van der Waals surface area (Å²) in [7, 11) is 0. The lowest BCUT2D eigenvalue weighted by molar-refractivity contribution is 0.481. The highest BCUT2D eigenvalue weighted by atomic mass is 15.1. The van der Waals surface area contributed by atoms with Crippen molar-refractivity contribution in [2.75, 3.05) is 0 Å². The molecule has 0 bridgehead atoms. The van der Waals surface area contributed by atoms with Crippen molar-refractivity contribution < 1.29 is 0 Å². The second-order valence-electron chi connectivity index (χ2n) is 12.9. The molecule has 3 unspecified atom stereocenters. The molecule has 0 saturated heterocycles. The molecule has 43 heavy (non-hydrogen) atoms. The van der Waals surface area contributed by atoms with E-state index >= 15 is 0 Å². The molecule has 1 aromatic carbocycles. The van der Waals surface area contributed by atoms with E-state index in [-0.39, 0.29) is 0 Å². The molecule has 1 aromatic heterocycles. The molecule has 2 nitrogen and oxygen atoms in total. The van der Waals surface area contributed by atoms with Crippen molar-refractivity contribution in [2.45, 2.75) is 71.1 Å². The van der Waals surface area contributed by atoms with E-state index in [4.69, 9.17) is 4.98 Å². The first kappa shape index (κ1) is 26.7. The molecule has 0 fully saturated rings. The van der Waals surface area contributed by atoms with Gasteiger partial charge in [0.25, 0.3) is 0 Å². The Balaban J connectivity index is 1.15. The third kappa shape index (κ3) is 4.67. The van der Waals surface area contributed by atoms with Crippen LogP contribution in [0.5, 0.6) is 0 Å². The summed E-state index contributed by atoms with van der Waals surface area (Å²) in [5.41, 5.74) is 15.0. The Morgan fingerprint density at radius 2 is 1.79 bits per heavy atom. The monoisotopic (exact) mass is 562 g/mol. The minimum absolute atomic E-state index is 0.445. The van der Waals surface area contributed by atoms with Gasteiger partial charge in [0.2, 0.25) is 0 Å². The Bertz CT molecular complexity index is 1720. The van der Waals surface area contributed by atoms with E-state index in [0.29, 0.717) is 17.8 Å². The van der Waals surface area contributed by atoms with Gasteiger partial charge in [0, 0.05) is 29.9 Å². The van der Waals surface area contributed by atoms with E-state index in [0.717, 1.165) is 38.5 Å². The average Bonchev–Trinajstić information content (AvgIpc) is 3.47. The highest BCUT2D eigenvalue weighted by Gasteiger charge is 2.40. The Morgan fingerprint density at radius 3 is 2.60 bits per heavy atom. The third-order valence-corrected chi connectivity index (χ3v) is 10.6. The number of hydrogen-bond donors (Lipinski definition) is 0. The van der Waals surface area contributed by atoms with Crippen molar-refractivity contribution in [1.82, 2.24) is 9.55 Å².